The topological polar surface area (TPSA) is 69.6 Å². The fraction of sp³-hybridized carbons (Fsp3) is 0.222. The number of nitrogens with zero attached hydrogens (tertiary/aromatic N) is 1. The van der Waals surface area contributed by atoms with Crippen molar-refractivity contribution in [3.05, 3.63) is 70.7 Å². The summed E-state index contributed by atoms with van der Waals surface area (Å²) in [5.74, 6) is -1.05. The van der Waals surface area contributed by atoms with E-state index in [4.69, 9.17) is 11.6 Å². The maximum Gasteiger partial charge on any atom is 0.326 e. The second kappa shape index (κ2) is 8.36. The predicted molar refractivity (Wildman–Crippen MR) is 92.8 cm³/mol. The van der Waals surface area contributed by atoms with Gasteiger partial charge < -0.3 is 15.3 Å². The molecule has 2 aromatic carbocycles. The summed E-state index contributed by atoms with van der Waals surface area (Å²) in [5, 5.41) is 12.6. The van der Waals surface area contributed by atoms with Crippen molar-refractivity contribution in [3.8, 4) is 0 Å². The predicted octanol–water partition coefficient (Wildman–Crippen LogP) is 3.52. The van der Waals surface area contributed by atoms with Crippen LogP contribution in [0, 0.1) is 0 Å². The van der Waals surface area contributed by atoms with Gasteiger partial charge in [0.2, 0.25) is 0 Å². The molecule has 0 aliphatic carbocycles. The highest BCUT2D eigenvalue weighted by molar-refractivity contribution is 6.30. The molecule has 6 heteroatoms. The molecule has 1 unspecified atom stereocenters. The summed E-state index contributed by atoms with van der Waals surface area (Å²) in [6.07, 6.45) is 0. The molecule has 0 bridgehead atoms. The number of benzene rings is 2. The van der Waals surface area contributed by atoms with E-state index in [9.17, 15) is 14.7 Å². The minimum absolute atomic E-state index is 0.223. The van der Waals surface area contributed by atoms with Crippen LogP contribution in [0.15, 0.2) is 54.6 Å². The fourth-order valence-corrected chi connectivity index (χ4v) is 2.31. The zero-order chi connectivity index (χ0) is 17.5. The lowest BCUT2D eigenvalue weighted by atomic mass is 10.2. The Bertz CT molecular complexity index is 689. The van der Waals surface area contributed by atoms with Gasteiger partial charge in [0, 0.05) is 18.1 Å². The minimum Gasteiger partial charge on any atom is -0.480 e. The summed E-state index contributed by atoms with van der Waals surface area (Å²) < 4.78 is 0. The SMILES string of the molecule is CC(C(=O)O)N(Cc1ccccc1)C(=O)NCc1ccc(Cl)cc1. The molecule has 0 spiro atoms. The number of carboxylic acids is 1. The van der Waals surface area contributed by atoms with E-state index in [1.54, 1.807) is 12.1 Å². The van der Waals surface area contributed by atoms with Gasteiger partial charge in [-0.25, -0.2) is 9.59 Å². The Morgan fingerprint density at radius 2 is 1.71 bits per heavy atom. The van der Waals surface area contributed by atoms with Gasteiger partial charge in [-0.2, -0.15) is 0 Å². The van der Waals surface area contributed by atoms with Crippen LogP contribution < -0.4 is 5.32 Å². The normalized spacial score (nSPS) is 11.6. The van der Waals surface area contributed by atoms with Crippen molar-refractivity contribution in [2.45, 2.75) is 26.1 Å². The van der Waals surface area contributed by atoms with Crippen LogP contribution in [0.4, 0.5) is 4.79 Å². The highest BCUT2D eigenvalue weighted by atomic mass is 35.5. The Kier molecular flexibility index (Phi) is 6.21. The van der Waals surface area contributed by atoms with E-state index in [-0.39, 0.29) is 6.54 Å². The van der Waals surface area contributed by atoms with Gasteiger partial charge in [0.15, 0.2) is 0 Å². The van der Waals surface area contributed by atoms with Crippen molar-refractivity contribution in [3.63, 3.8) is 0 Å². The Balaban J connectivity index is 2.06. The summed E-state index contributed by atoms with van der Waals surface area (Å²) >= 11 is 5.83. The largest absolute Gasteiger partial charge is 0.480 e. The van der Waals surface area contributed by atoms with Crippen molar-refractivity contribution in [1.29, 1.82) is 0 Å². The van der Waals surface area contributed by atoms with Gasteiger partial charge in [0.05, 0.1) is 0 Å². The number of halogens is 1. The van der Waals surface area contributed by atoms with Gasteiger partial charge in [0.25, 0.3) is 0 Å². The molecule has 2 aromatic rings. The van der Waals surface area contributed by atoms with E-state index in [0.717, 1.165) is 11.1 Å². The molecule has 0 radical (unpaired) electrons. The lowest BCUT2D eigenvalue weighted by Gasteiger charge is -2.27. The Labute approximate surface area is 145 Å². The number of rotatable bonds is 6. The number of amides is 2. The molecular formula is C18H19ClN2O3. The number of carbonyl (C=O) groups is 2. The van der Waals surface area contributed by atoms with Crippen LogP contribution >= 0.6 is 11.6 Å². The van der Waals surface area contributed by atoms with Crippen molar-refractivity contribution in [2.24, 2.45) is 0 Å². The second-order valence-electron chi connectivity index (χ2n) is 5.41. The summed E-state index contributed by atoms with van der Waals surface area (Å²) in [6, 6.07) is 15.0. The Hall–Kier alpha value is -2.53. The van der Waals surface area contributed by atoms with Crippen LogP contribution in [0.5, 0.6) is 0 Å². The van der Waals surface area contributed by atoms with Crippen molar-refractivity contribution >= 4 is 23.6 Å². The third kappa shape index (κ3) is 4.99. The maximum absolute atomic E-state index is 12.5. The highest BCUT2D eigenvalue weighted by Gasteiger charge is 2.25. The third-order valence-electron chi connectivity index (χ3n) is 3.64. The molecule has 126 valence electrons. The first-order chi connectivity index (χ1) is 11.5. The standard InChI is InChI=1S/C18H19ClN2O3/c1-13(17(22)23)21(12-15-5-3-2-4-6-15)18(24)20-11-14-7-9-16(19)10-8-14/h2-10,13H,11-12H2,1H3,(H,20,24)(H,22,23). The highest BCUT2D eigenvalue weighted by Crippen LogP contribution is 2.11. The molecule has 5 nitrogen and oxygen atoms in total. The average Bonchev–Trinajstić information content (AvgIpc) is 2.59. The average molecular weight is 347 g/mol. The molecule has 0 aliphatic heterocycles. The van der Waals surface area contributed by atoms with E-state index in [1.807, 2.05) is 42.5 Å². The van der Waals surface area contributed by atoms with E-state index in [1.165, 1.54) is 11.8 Å². The monoisotopic (exact) mass is 346 g/mol. The zero-order valence-corrected chi connectivity index (χ0v) is 14.0. The Morgan fingerprint density at radius 1 is 1.08 bits per heavy atom. The van der Waals surface area contributed by atoms with E-state index in [2.05, 4.69) is 5.32 Å². The molecule has 1 atom stereocenters. The maximum atomic E-state index is 12.5. The zero-order valence-electron chi connectivity index (χ0n) is 13.3. The molecule has 0 heterocycles. The molecule has 2 amide bonds. The van der Waals surface area contributed by atoms with E-state index >= 15 is 0 Å². The van der Waals surface area contributed by atoms with Crippen LogP contribution in [0.25, 0.3) is 0 Å². The quantitative estimate of drug-likeness (QED) is 0.840. The molecule has 0 fully saturated rings. The first-order valence-corrected chi connectivity index (χ1v) is 7.91. The number of urea groups is 1. The van der Waals surface area contributed by atoms with Crippen LogP contribution in [0.3, 0.4) is 0 Å². The summed E-state index contributed by atoms with van der Waals surface area (Å²) in [4.78, 5) is 25.1. The van der Waals surface area contributed by atoms with Crippen molar-refractivity contribution in [1.82, 2.24) is 10.2 Å². The third-order valence-corrected chi connectivity index (χ3v) is 3.89. The smallest absolute Gasteiger partial charge is 0.326 e. The summed E-state index contributed by atoms with van der Waals surface area (Å²) in [5.41, 5.74) is 1.75. The molecule has 0 saturated carbocycles. The molecule has 0 aromatic heterocycles. The van der Waals surface area contributed by atoms with Crippen LogP contribution in [-0.2, 0) is 17.9 Å². The lowest BCUT2D eigenvalue weighted by Crippen LogP contribution is -2.47. The lowest BCUT2D eigenvalue weighted by molar-refractivity contribution is -0.141. The molecule has 24 heavy (non-hydrogen) atoms. The molecule has 2 rings (SSSR count). The molecule has 2 N–H and O–H groups in total. The van der Waals surface area contributed by atoms with Gasteiger partial charge in [-0.15, -0.1) is 0 Å². The minimum atomic E-state index is -1.05. The molecule has 0 saturated heterocycles. The summed E-state index contributed by atoms with van der Waals surface area (Å²) in [7, 11) is 0. The van der Waals surface area contributed by atoms with Gasteiger partial charge in [0.1, 0.15) is 6.04 Å². The van der Waals surface area contributed by atoms with Crippen LogP contribution in [0.2, 0.25) is 5.02 Å². The second-order valence-corrected chi connectivity index (χ2v) is 5.85. The number of nitrogens with one attached hydrogen (secondary N) is 1. The summed E-state index contributed by atoms with van der Waals surface area (Å²) in [6.45, 7) is 2.02. The molecular weight excluding hydrogens is 328 g/mol. The van der Waals surface area contributed by atoms with Crippen LogP contribution in [-0.4, -0.2) is 28.0 Å². The van der Waals surface area contributed by atoms with Gasteiger partial charge in [-0.3, -0.25) is 0 Å². The van der Waals surface area contributed by atoms with E-state index in [0.29, 0.717) is 11.6 Å². The first kappa shape index (κ1) is 17.8. The number of hydrogen-bond donors (Lipinski definition) is 2. The van der Waals surface area contributed by atoms with Crippen LogP contribution in [0.1, 0.15) is 18.1 Å². The van der Waals surface area contributed by atoms with Crippen molar-refractivity contribution < 1.29 is 14.7 Å². The van der Waals surface area contributed by atoms with Gasteiger partial charge >= 0.3 is 12.0 Å². The number of aliphatic carboxylic acids is 1. The van der Waals surface area contributed by atoms with Crippen molar-refractivity contribution in [2.75, 3.05) is 0 Å². The molecule has 0 aliphatic rings. The van der Waals surface area contributed by atoms with Gasteiger partial charge in [-0.1, -0.05) is 54.1 Å². The van der Waals surface area contributed by atoms with Gasteiger partial charge in [-0.05, 0) is 30.2 Å². The van der Waals surface area contributed by atoms with E-state index < -0.39 is 18.0 Å². The Morgan fingerprint density at radius 3 is 2.29 bits per heavy atom. The number of hydrogen-bond acceptors (Lipinski definition) is 2. The fourth-order valence-electron chi connectivity index (χ4n) is 2.18. The number of carbonyl (C=O) groups excluding carboxylic acids is 1. The first-order valence-electron chi connectivity index (χ1n) is 7.53. The number of carboxylic acid groups (broad SMARTS) is 1.